The van der Waals surface area contributed by atoms with E-state index in [1.165, 1.54) is 0 Å². The molecule has 0 amide bonds. The van der Waals surface area contributed by atoms with Crippen molar-refractivity contribution in [1.82, 2.24) is 0 Å². The molecule has 0 unspecified atom stereocenters. The van der Waals surface area contributed by atoms with Crippen molar-refractivity contribution in [1.29, 1.82) is 0 Å². The normalized spacial score (nSPS) is 11.8. The van der Waals surface area contributed by atoms with E-state index in [1.54, 1.807) is 0 Å². The molecule has 0 aliphatic heterocycles. The van der Waals surface area contributed by atoms with Gasteiger partial charge in [-0.3, -0.25) is 0 Å². The van der Waals surface area contributed by atoms with Crippen molar-refractivity contribution < 1.29 is 37.9 Å². The lowest BCUT2D eigenvalue weighted by atomic mass is 9.80. The molecule has 0 aliphatic rings. The summed E-state index contributed by atoms with van der Waals surface area (Å²) in [6, 6.07) is 62.1. The van der Waals surface area contributed by atoms with Crippen LogP contribution < -0.4 is 0 Å². The zero-order chi connectivity index (χ0) is 41.2. The van der Waals surface area contributed by atoms with E-state index in [0.29, 0.717) is 92.5 Å². The molecule has 0 aliphatic carbocycles. The Morgan fingerprint density at radius 1 is 0.200 bits per heavy atom. The van der Waals surface area contributed by atoms with Crippen LogP contribution in [0.15, 0.2) is 182 Å². The molecule has 0 aromatic heterocycles. The standard InChI is InChI=1S/C52H58O8/c1-7-19-45(20-8-1)51(46-21-9-2-10-22-46,47-23-11-3-12-24-47)59-43-41-57-39-37-55-35-33-53-31-32-54-34-36-56-38-40-58-42-44-60-52(48-25-13-4-14-26-48,49-27-15-5-16-28-49)50-29-17-6-18-30-50/h1-30H,31-44H2. The molecule has 0 saturated heterocycles. The van der Waals surface area contributed by atoms with Gasteiger partial charge in [0.2, 0.25) is 0 Å². The quantitative estimate of drug-likeness (QED) is 0.0344. The first-order valence-electron chi connectivity index (χ1n) is 20.9. The minimum absolute atomic E-state index is 0.414. The van der Waals surface area contributed by atoms with Gasteiger partial charge in [-0.05, 0) is 33.4 Å². The second-order valence-corrected chi connectivity index (χ2v) is 13.9. The summed E-state index contributed by atoms with van der Waals surface area (Å²) >= 11 is 0. The molecule has 0 spiro atoms. The number of rotatable bonds is 29. The van der Waals surface area contributed by atoms with Gasteiger partial charge in [0.05, 0.1) is 92.5 Å². The Kier molecular flexibility index (Phi) is 19.0. The Labute approximate surface area is 355 Å². The van der Waals surface area contributed by atoms with Crippen LogP contribution in [0.1, 0.15) is 33.4 Å². The Morgan fingerprint density at radius 3 is 0.517 bits per heavy atom. The van der Waals surface area contributed by atoms with Crippen molar-refractivity contribution in [3.05, 3.63) is 215 Å². The molecule has 60 heavy (non-hydrogen) atoms. The summed E-state index contributed by atoms with van der Waals surface area (Å²) in [5.41, 5.74) is 4.90. The van der Waals surface area contributed by atoms with E-state index < -0.39 is 11.2 Å². The van der Waals surface area contributed by atoms with E-state index in [4.69, 9.17) is 37.9 Å². The van der Waals surface area contributed by atoms with Gasteiger partial charge < -0.3 is 37.9 Å². The molecule has 0 atom stereocenters. The van der Waals surface area contributed by atoms with Gasteiger partial charge in [0.15, 0.2) is 0 Å². The van der Waals surface area contributed by atoms with E-state index in [-0.39, 0.29) is 0 Å². The van der Waals surface area contributed by atoms with Gasteiger partial charge >= 0.3 is 0 Å². The highest BCUT2D eigenvalue weighted by Gasteiger charge is 2.38. The molecule has 314 valence electrons. The maximum absolute atomic E-state index is 6.75. The number of ether oxygens (including phenoxy) is 8. The molecule has 0 saturated carbocycles. The lowest BCUT2D eigenvalue weighted by molar-refractivity contribution is -0.0424. The summed E-state index contributed by atoms with van der Waals surface area (Å²) in [5.74, 6) is 0. The van der Waals surface area contributed by atoms with Crippen LogP contribution in [0.25, 0.3) is 0 Å². The summed E-state index contributed by atoms with van der Waals surface area (Å²) in [4.78, 5) is 0. The van der Waals surface area contributed by atoms with E-state index in [0.717, 1.165) is 33.4 Å². The fourth-order valence-electron chi connectivity index (χ4n) is 7.25. The first kappa shape index (κ1) is 44.5. The monoisotopic (exact) mass is 810 g/mol. The Balaban J connectivity index is 0.776. The molecule has 0 heterocycles. The summed E-state index contributed by atoms with van der Waals surface area (Å²) in [7, 11) is 0. The van der Waals surface area contributed by atoms with Crippen LogP contribution in [0.3, 0.4) is 0 Å². The zero-order valence-electron chi connectivity index (χ0n) is 34.5. The predicted molar refractivity (Wildman–Crippen MR) is 235 cm³/mol. The summed E-state index contributed by atoms with van der Waals surface area (Å²) in [5, 5.41) is 0. The Morgan fingerprint density at radius 2 is 0.350 bits per heavy atom. The van der Waals surface area contributed by atoms with Gasteiger partial charge in [0.1, 0.15) is 11.2 Å². The molecular formula is C52H58O8. The molecule has 0 bridgehead atoms. The highest BCUT2D eigenvalue weighted by Crippen LogP contribution is 2.41. The maximum atomic E-state index is 6.75. The average Bonchev–Trinajstić information content (AvgIpc) is 3.32. The zero-order valence-corrected chi connectivity index (χ0v) is 34.5. The molecule has 6 rings (SSSR count). The number of benzene rings is 6. The fraction of sp³-hybridized carbons (Fsp3) is 0.308. The first-order chi connectivity index (χ1) is 29.8. The second-order valence-electron chi connectivity index (χ2n) is 13.9. The van der Waals surface area contributed by atoms with Crippen LogP contribution in [0.2, 0.25) is 0 Å². The van der Waals surface area contributed by atoms with Gasteiger partial charge in [-0.1, -0.05) is 182 Å². The maximum Gasteiger partial charge on any atom is 0.143 e. The molecular weight excluding hydrogens is 753 g/mol. The SMILES string of the molecule is c1ccc(C(OCCOCCOCCOCCOCCOCCOCCOC(c2ccccc2)(c2ccccc2)c2ccccc2)(c2ccccc2)c2ccccc2)cc1. The third-order valence-corrected chi connectivity index (χ3v) is 10.0. The molecule has 0 N–H and O–H groups in total. The van der Waals surface area contributed by atoms with Crippen LogP contribution in [-0.2, 0) is 49.1 Å². The highest BCUT2D eigenvalue weighted by atomic mass is 16.6. The van der Waals surface area contributed by atoms with Crippen LogP contribution in [0, 0.1) is 0 Å². The summed E-state index contributed by atoms with van der Waals surface area (Å²) < 4.78 is 48.0. The third-order valence-electron chi connectivity index (χ3n) is 10.0. The van der Waals surface area contributed by atoms with E-state index in [2.05, 4.69) is 72.8 Å². The van der Waals surface area contributed by atoms with Crippen LogP contribution in [-0.4, -0.2) is 92.5 Å². The van der Waals surface area contributed by atoms with Gasteiger partial charge in [-0.2, -0.15) is 0 Å². The molecule has 6 aromatic rings. The minimum Gasteiger partial charge on any atom is -0.377 e. The predicted octanol–water partition coefficient (Wildman–Crippen LogP) is 9.10. The van der Waals surface area contributed by atoms with E-state index in [1.807, 2.05) is 109 Å². The Bertz CT molecular complexity index is 1630. The van der Waals surface area contributed by atoms with Crippen molar-refractivity contribution in [3.8, 4) is 0 Å². The topological polar surface area (TPSA) is 73.8 Å². The molecule has 8 nitrogen and oxygen atoms in total. The van der Waals surface area contributed by atoms with Gasteiger partial charge in [0.25, 0.3) is 0 Å². The lowest BCUT2D eigenvalue weighted by Gasteiger charge is -2.36. The molecule has 0 radical (unpaired) electrons. The van der Waals surface area contributed by atoms with Crippen molar-refractivity contribution in [3.63, 3.8) is 0 Å². The first-order valence-corrected chi connectivity index (χ1v) is 20.9. The summed E-state index contributed by atoms with van der Waals surface area (Å²) in [6.07, 6.45) is 0. The largest absolute Gasteiger partial charge is 0.377 e. The van der Waals surface area contributed by atoms with Gasteiger partial charge in [-0.15, -0.1) is 0 Å². The van der Waals surface area contributed by atoms with Crippen molar-refractivity contribution in [2.24, 2.45) is 0 Å². The average molecular weight is 811 g/mol. The van der Waals surface area contributed by atoms with Crippen molar-refractivity contribution in [2.45, 2.75) is 11.2 Å². The smallest absolute Gasteiger partial charge is 0.143 e. The molecule has 0 fully saturated rings. The van der Waals surface area contributed by atoms with Gasteiger partial charge in [0, 0.05) is 0 Å². The Hall–Kier alpha value is -5.00. The second kappa shape index (κ2) is 25.6. The van der Waals surface area contributed by atoms with Gasteiger partial charge in [-0.25, -0.2) is 0 Å². The van der Waals surface area contributed by atoms with E-state index >= 15 is 0 Å². The minimum atomic E-state index is -0.756. The van der Waals surface area contributed by atoms with E-state index in [9.17, 15) is 0 Å². The number of hydrogen-bond donors (Lipinski definition) is 0. The summed E-state index contributed by atoms with van der Waals surface area (Å²) in [6.45, 7) is 6.53. The molecule has 6 aromatic carbocycles. The van der Waals surface area contributed by atoms with Crippen LogP contribution >= 0.6 is 0 Å². The highest BCUT2D eigenvalue weighted by molar-refractivity contribution is 5.48. The lowest BCUT2D eigenvalue weighted by Crippen LogP contribution is -2.34. The van der Waals surface area contributed by atoms with Crippen LogP contribution in [0.4, 0.5) is 0 Å². The van der Waals surface area contributed by atoms with Crippen molar-refractivity contribution in [2.75, 3.05) is 92.5 Å². The molecule has 8 heteroatoms. The fourth-order valence-corrected chi connectivity index (χ4v) is 7.25. The van der Waals surface area contributed by atoms with Crippen molar-refractivity contribution >= 4 is 0 Å². The van der Waals surface area contributed by atoms with Crippen LogP contribution in [0.5, 0.6) is 0 Å². The third kappa shape index (κ3) is 12.8. The number of hydrogen-bond acceptors (Lipinski definition) is 8.